The normalized spacial score (nSPS) is 11.5. The van der Waals surface area contributed by atoms with Gasteiger partial charge in [-0.25, -0.2) is 0 Å². The Bertz CT molecular complexity index is 425. The van der Waals surface area contributed by atoms with Crippen LogP contribution in [0.3, 0.4) is 0 Å². The van der Waals surface area contributed by atoms with Gasteiger partial charge in [0.2, 0.25) is 0 Å². The van der Waals surface area contributed by atoms with Crippen LogP contribution in [-0.2, 0) is 14.4 Å². The Kier molecular flexibility index (Phi) is 17.2. The van der Waals surface area contributed by atoms with Crippen LogP contribution in [0.15, 0.2) is 0 Å². The molecule has 0 heterocycles. The average Bonchev–Trinajstić information content (AvgIpc) is 2.68. The minimum Gasteiger partial charge on any atom is -0.481 e. The lowest BCUT2D eigenvalue weighted by Gasteiger charge is -2.39. The topological polar surface area (TPSA) is 112 Å². The van der Waals surface area contributed by atoms with Crippen molar-refractivity contribution in [1.29, 1.82) is 0 Å². The van der Waals surface area contributed by atoms with Crippen molar-refractivity contribution in [3.05, 3.63) is 0 Å². The number of hydrogen-bond donors (Lipinski definition) is 3. The van der Waals surface area contributed by atoms with Gasteiger partial charge in [0.1, 0.15) is 0 Å². The van der Waals surface area contributed by atoms with Crippen LogP contribution in [0, 0.1) is 0 Å². The van der Waals surface area contributed by atoms with Crippen LogP contribution >= 0.6 is 0 Å². The molecule has 0 amide bonds. The van der Waals surface area contributed by atoms with Gasteiger partial charge in [-0.3, -0.25) is 14.4 Å². The summed E-state index contributed by atoms with van der Waals surface area (Å²) < 4.78 is 0.868. The van der Waals surface area contributed by atoms with Crippen molar-refractivity contribution in [3.8, 4) is 0 Å². The third-order valence-electron chi connectivity index (χ3n) is 5.81. The predicted octanol–water partition coefficient (Wildman–Crippen LogP) is 4.93. The second kappa shape index (κ2) is 18.2. The highest BCUT2D eigenvalue weighted by Crippen LogP contribution is 2.19. The van der Waals surface area contributed by atoms with E-state index in [0.717, 1.165) is 56.3 Å². The summed E-state index contributed by atoms with van der Waals surface area (Å²) in [6.07, 6.45) is 12.2. The summed E-state index contributed by atoms with van der Waals surface area (Å²) in [4.78, 5) is 32.6. The van der Waals surface area contributed by atoms with E-state index < -0.39 is 17.9 Å². The van der Waals surface area contributed by atoms with Gasteiger partial charge in [0, 0.05) is 19.3 Å². The fourth-order valence-electron chi connectivity index (χ4n) is 4.07. The third-order valence-corrected chi connectivity index (χ3v) is 5.81. The molecule has 0 fully saturated rings. The Morgan fingerprint density at radius 3 is 1.13 bits per heavy atom. The van der Waals surface area contributed by atoms with Crippen molar-refractivity contribution in [1.82, 2.24) is 0 Å². The van der Waals surface area contributed by atoms with Crippen molar-refractivity contribution >= 4 is 17.9 Å². The summed E-state index contributed by atoms with van der Waals surface area (Å²) in [5.41, 5.74) is 0. The molecule has 176 valence electrons. The molecule has 0 spiro atoms. The second-order valence-corrected chi connectivity index (χ2v) is 8.56. The Hall–Kier alpha value is -1.63. The maximum Gasteiger partial charge on any atom is 0.303 e. The summed E-state index contributed by atoms with van der Waals surface area (Å²) in [5.74, 6) is -2.31. The number of quaternary nitrogens is 1. The van der Waals surface area contributed by atoms with E-state index in [2.05, 4.69) is 6.92 Å². The molecule has 0 aromatic carbocycles. The molecule has 7 nitrogen and oxygen atoms in total. The zero-order chi connectivity index (χ0) is 22.7. The molecule has 0 aliphatic rings. The van der Waals surface area contributed by atoms with Crippen molar-refractivity contribution < 1.29 is 34.2 Å². The first-order valence-electron chi connectivity index (χ1n) is 11.8. The van der Waals surface area contributed by atoms with E-state index in [1.807, 2.05) is 0 Å². The summed E-state index contributed by atoms with van der Waals surface area (Å²) >= 11 is 0. The van der Waals surface area contributed by atoms with Gasteiger partial charge in [0.05, 0.1) is 26.2 Å². The largest absolute Gasteiger partial charge is 0.481 e. The van der Waals surface area contributed by atoms with E-state index in [4.69, 9.17) is 15.3 Å². The minimum absolute atomic E-state index is 0.176. The van der Waals surface area contributed by atoms with Crippen LogP contribution in [0.1, 0.15) is 103 Å². The number of carboxylic acid groups (broad SMARTS) is 3. The molecule has 3 N–H and O–H groups in total. The molecule has 0 saturated carbocycles. The van der Waals surface area contributed by atoms with Crippen LogP contribution in [0.25, 0.3) is 0 Å². The first-order valence-corrected chi connectivity index (χ1v) is 11.8. The summed E-state index contributed by atoms with van der Waals surface area (Å²) in [7, 11) is 0. The second-order valence-electron chi connectivity index (χ2n) is 8.56. The Labute approximate surface area is 182 Å². The highest BCUT2D eigenvalue weighted by molar-refractivity contribution is 5.67. The molecule has 0 aliphatic carbocycles. The van der Waals surface area contributed by atoms with Crippen LogP contribution in [0.5, 0.6) is 0 Å². The van der Waals surface area contributed by atoms with Crippen LogP contribution in [0.4, 0.5) is 0 Å². The maximum absolute atomic E-state index is 10.9. The highest BCUT2D eigenvalue weighted by Gasteiger charge is 2.26. The molecular formula is C23H44NO6+. The fourth-order valence-corrected chi connectivity index (χ4v) is 4.07. The quantitative estimate of drug-likeness (QED) is 0.166. The van der Waals surface area contributed by atoms with E-state index in [1.54, 1.807) is 0 Å². The number of hydrogen-bond acceptors (Lipinski definition) is 3. The maximum atomic E-state index is 10.9. The van der Waals surface area contributed by atoms with Crippen molar-refractivity contribution in [2.75, 3.05) is 26.2 Å². The lowest BCUT2D eigenvalue weighted by atomic mass is 10.1. The van der Waals surface area contributed by atoms with Gasteiger partial charge in [-0.05, 0) is 51.4 Å². The molecule has 0 aliphatic heterocycles. The van der Waals surface area contributed by atoms with Crippen molar-refractivity contribution in [2.24, 2.45) is 0 Å². The van der Waals surface area contributed by atoms with Gasteiger partial charge in [-0.15, -0.1) is 0 Å². The number of carboxylic acids is 3. The summed E-state index contributed by atoms with van der Waals surface area (Å²) in [5, 5.41) is 26.8. The van der Waals surface area contributed by atoms with Gasteiger partial charge in [0.25, 0.3) is 0 Å². The molecule has 0 radical (unpaired) electrons. The molecule has 7 heteroatoms. The lowest BCUT2D eigenvalue weighted by Crippen LogP contribution is -2.51. The molecule has 0 atom stereocenters. The first kappa shape index (κ1) is 28.4. The van der Waals surface area contributed by atoms with E-state index in [9.17, 15) is 14.4 Å². The predicted molar refractivity (Wildman–Crippen MR) is 118 cm³/mol. The zero-order valence-corrected chi connectivity index (χ0v) is 18.9. The van der Waals surface area contributed by atoms with Gasteiger partial charge in [0.15, 0.2) is 0 Å². The van der Waals surface area contributed by atoms with E-state index in [0.29, 0.717) is 19.3 Å². The SMILES string of the molecule is CCCCCCCC[N+](CCCCC(=O)O)(CCCCC(=O)O)CCCCC(=O)O. The Balaban J connectivity index is 4.87. The standard InChI is InChI=1S/C23H43NO6/c1-2-3-4-5-6-10-17-24(18-11-7-14-21(25)26,19-12-8-15-22(27)28)20-13-9-16-23(29)30/h2-20H2,1H3,(H2-,25,26,27,28,29,30)/p+1. The van der Waals surface area contributed by atoms with Crippen LogP contribution < -0.4 is 0 Å². The highest BCUT2D eigenvalue weighted by atomic mass is 16.4. The molecule has 0 bridgehead atoms. The summed E-state index contributed by atoms with van der Waals surface area (Å²) in [6.45, 7) is 5.89. The van der Waals surface area contributed by atoms with Gasteiger partial charge < -0.3 is 19.8 Å². The molecule has 0 rings (SSSR count). The number of nitrogens with zero attached hydrogens (tertiary/aromatic N) is 1. The zero-order valence-electron chi connectivity index (χ0n) is 18.9. The average molecular weight is 431 g/mol. The molecule has 0 saturated heterocycles. The Morgan fingerprint density at radius 1 is 0.500 bits per heavy atom. The number of aliphatic carboxylic acids is 3. The van der Waals surface area contributed by atoms with Crippen molar-refractivity contribution in [2.45, 2.75) is 103 Å². The van der Waals surface area contributed by atoms with Crippen molar-refractivity contribution in [3.63, 3.8) is 0 Å². The van der Waals surface area contributed by atoms with Crippen LogP contribution in [-0.4, -0.2) is 63.9 Å². The number of unbranched alkanes of at least 4 members (excludes halogenated alkanes) is 8. The molecular weight excluding hydrogens is 386 g/mol. The smallest absolute Gasteiger partial charge is 0.303 e. The van der Waals surface area contributed by atoms with Crippen LogP contribution in [0.2, 0.25) is 0 Å². The van der Waals surface area contributed by atoms with E-state index >= 15 is 0 Å². The molecule has 0 aromatic rings. The monoisotopic (exact) mass is 430 g/mol. The molecule has 30 heavy (non-hydrogen) atoms. The fraction of sp³-hybridized carbons (Fsp3) is 0.870. The molecule has 0 unspecified atom stereocenters. The first-order chi connectivity index (χ1) is 14.3. The minimum atomic E-state index is -0.771. The lowest BCUT2D eigenvalue weighted by molar-refractivity contribution is -0.929. The Morgan fingerprint density at radius 2 is 0.800 bits per heavy atom. The summed E-state index contributed by atoms with van der Waals surface area (Å²) in [6, 6.07) is 0. The number of carbonyl (C=O) groups is 3. The van der Waals surface area contributed by atoms with Gasteiger partial charge in [-0.2, -0.15) is 0 Å². The van der Waals surface area contributed by atoms with Gasteiger partial charge >= 0.3 is 17.9 Å². The van der Waals surface area contributed by atoms with E-state index in [-0.39, 0.29) is 19.3 Å². The number of rotatable bonds is 22. The third kappa shape index (κ3) is 17.2. The van der Waals surface area contributed by atoms with Gasteiger partial charge in [-0.1, -0.05) is 32.6 Å². The van der Waals surface area contributed by atoms with E-state index in [1.165, 1.54) is 32.1 Å². The molecule has 0 aromatic heterocycles.